The minimum atomic E-state index is -0.0593. The number of rotatable bonds is 5. The fourth-order valence-electron chi connectivity index (χ4n) is 2.85. The van der Waals surface area contributed by atoms with Gasteiger partial charge in [0.25, 0.3) is 5.91 Å². The van der Waals surface area contributed by atoms with Crippen molar-refractivity contribution in [2.45, 2.75) is 25.3 Å². The lowest BCUT2D eigenvalue weighted by molar-refractivity contribution is 0.0696. The number of furan rings is 1. The third-order valence-electron chi connectivity index (χ3n) is 4.22. The molecule has 3 heterocycles. The van der Waals surface area contributed by atoms with Crippen LogP contribution in [-0.2, 0) is 4.74 Å². The highest BCUT2D eigenvalue weighted by Crippen LogP contribution is 2.31. The molecule has 116 valence electrons. The molecular weight excluding hydrogens is 284 g/mol. The average molecular weight is 302 g/mol. The van der Waals surface area contributed by atoms with Gasteiger partial charge in [-0.05, 0) is 31.4 Å². The van der Waals surface area contributed by atoms with Crippen molar-refractivity contribution in [1.29, 1.82) is 0 Å². The van der Waals surface area contributed by atoms with E-state index in [4.69, 9.17) is 13.7 Å². The molecule has 2 fully saturated rings. The highest BCUT2D eigenvalue weighted by Gasteiger charge is 2.36. The number of aromatic nitrogens is 1. The van der Waals surface area contributed by atoms with E-state index >= 15 is 0 Å². The number of nitrogens with zero attached hydrogens (tertiary/aromatic N) is 2. The third kappa shape index (κ3) is 2.66. The van der Waals surface area contributed by atoms with E-state index < -0.39 is 0 Å². The first kappa shape index (κ1) is 13.6. The van der Waals surface area contributed by atoms with Crippen molar-refractivity contribution < 1.29 is 18.5 Å². The number of carbonyl (C=O) groups is 1. The van der Waals surface area contributed by atoms with Crippen LogP contribution in [0.25, 0.3) is 11.5 Å². The summed E-state index contributed by atoms with van der Waals surface area (Å²) in [5.41, 5.74) is 0.345. The van der Waals surface area contributed by atoms with E-state index in [1.54, 1.807) is 24.5 Å². The van der Waals surface area contributed by atoms with Gasteiger partial charge in [0, 0.05) is 31.2 Å². The van der Waals surface area contributed by atoms with Crippen molar-refractivity contribution in [3.05, 3.63) is 30.2 Å². The summed E-state index contributed by atoms with van der Waals surface area (Å²) in [4.78, 5) is 14.7. The van der Waals surface area contributed by atoms with Crippen LogP contribution in [-0.4, -0.2) is 41.8 Å². The van der Waals surface area contributed by atoms with Crippen molar-refractivity contribution in [2.24, 2.45) is 5.92 Å². The number of hydrogen-bond acceptors (Lipinski definition) is 5. The van der Waals surface area contributed by atoms with Gasteiger partial charge >= 0.3 is 0 Å². The molecule has 0 radical (unpaired) electrons. The maximum atomic E-state index is 12.7. The number of hydrogen-bond donors (Lipinski definition) is 0. The Balaban J connectivity index is 1.51. The molecule has 1 unspecified atom stereocenters. The summed E-state index contributed by atoms with van der Waals surface area (Å²) in [5, 5.41) is 3.92. The van der Waals surface area contributed by atoms with Crippen LogP contribution in [0, 0.1) is 5.92 Å². The molecule has 1 amide bonds. The minimum absolute atomic E-state index is 0.0593. The lowest BCUT2D eigenvalue weighted by atomic mass is 10.1. The summed E-state index contributed by atoms with van der Waals surface area (Å²) in [7, 11) is 0. The van der Waals surface area contributed by atoms with E-state index in [1.165, 1.54) is 0 Å². The molecule has 22 heavy (non-hydrogen) atoms. The van der Waals surface area contributed by atoms with E-state index in [0.717, 1.165) is 39.0 Å². The molecule has 1 saturated heterocycles. The largest absolute Gasteiger partial charge is 0.461 e. The zero-order chi connectivity index (χ0) is 14.9. The first-order valence-electron chi connectivity index (χ1n) is 7.70. The van der Waals surface area contributed by atoms with Gasteiger partial charge in [0.05, 0.1) is 12.9 Å². The maximum Gasteiger partial charge on any atom is 0.276 e. The molecule has 6 heteroatoms. The lowest BCUT2D eigenvalue weighted by Gasteiger charge is -2.24. The zero-order valence-corrected chi connectivity index (χ0v) is 12.2. The smallest absolute Gasteiger partial charge is 0.276 e. The topological polar surface area (TPSA) is 68.7 Å². The van der Waals surface area contributed by atoms with E-state index in [-0.39, 0.29) is 5.91 Å². The highest BCUT2D eigenvalue weighted by atomic mass is 16.5. The summed E-state index contributed by atoms with van der Waals surface area (Å²) in [6.07, 6.45) is 4.73. The van der Waals surface area contributed by atoms with E-state index in [1.807, 2.05) is 4.90 Å². The van der Waals surface area contributed by atoms with Gasteiger partial charge in [-0.25, -0.2) is 0 Å². The Labute approximate surface area is 128 Å². The second kappa shape index (κ2) is 5.61. The van der Waals surface area contributed by atoms with E-state index in [2.05, 4.69) is 5.16 Å². The molecule has 0 spiro atoms. The van der Waals surface area contributed by atoms with Crippen LogP contribution in [0.4, 0.5) is 0 Å². The van der Waals surface area contributed by atoms with Crippen LogP contribution in [0.5, 0.6) is 0 Å². The Morgan fingerprint density at radius 3 is 2.91 bits per heavy atom. The molecule has 6 nitrogen and oxygen atoms in total. The molecule has 0 N–H and O–H groups in total. The van der Waals surface area contributed by atoms with Crippen molar-refractivity contribution in [3.8, 4) is 11.5 Å². The van der Waals surface area contributed by atoms with Gasteiger partial charge in [-0.1, -0.05) is 5.16 Å². The first-order chi connectivity index (χ1) is 10.8. The number of ether oxygens (including phenoxy) is 1. The fraction of sp³-hybridized carbons (Fsp3) is 0.500. The van der Waals surface area contributed by atoms with E-state index in [9.17, 15) is 4.79 Å². The molecule has 2 aliphatic rings. The molecule has 1 saturated carbocycles. The summed E-state index contributed by atoms with van der Waals surface area (Å²) in [5.74, 6) is 1.43. The Bertz CT molecular complexity index is 639. The normalized spacial score (nSPS) is 21.2. The Morgan fingerprint density at radius 2 is 2.23 bits per heavy atom. The standard InChI is InChI=1S/C16H18N2O4/c19-16(13-8-15(22-17-13)14-2-1-6-21-14)18(12-3-4-12)9-11-5-7-20-10-11/h1-2,6,8,11-12H,3-5,7,9-10H2. The van der Waals surface area contributed by atoms with E-state index in [0.29, 0.717) is 29.2 Å². The first-order valence-corrected chi connectivity index (χ1v) is 7.70. The number of carbonyl (C=O) groups excluding carboxylic acids is 1. The van der Waals surface area contributed by atoms with Gasteiger partial charge in [0.1, 0.15) is 0 Å². The predicted octanol–water partition coefficient (Wildman–Crippen LogP) is 2.58. The maximum absolute atomic E-state index is 12.7. The number of amides is 1. The van der Waals surface area contributed by atoms with Crippen molar-refractivity contribution in [3.63, 3.8) is 0 Å². The van der Waals surface area contributed by atoms with Gasteiger partial charge in [-0.2, -0.15) is 0 Å². The predicted molar refractivity (Wildman–Crippen MR) is 77.2 cm³/mol. The molecular formula is C16H18N2O4. The van der Waals surface area contributed by atoms with Crippen molar-refractivity contribution >= 4 is 5.91 Å². The van der Waals surface area contributed by atoms with Crippen LogP contribution < -0.4 is 0 Å². The van der Waals surface area contributed by atoms with Gasteiger partial charge in [0.15, 0.2) is 11.5 Å². The highest BCUT2D eigenvalue weighted by molar-refractivity contribution is 5.93. The molecule has 0 aromatic carbocycles. The Kier molecular flexibility index (Phi) is 3.46. The van der Waals surface area contributed by atoms with Gasteiger partial charge < -0.3 is 18.6 Å². The van der Waals surface area contributed by atoms with Gasteiger partial charge in [0.2, 0.25) is 5.76 Å². The molecule has 1 aliphatic heterocycles. The molecule has 2 aromatic heterocycles. The fourth-order valence-corrected chi connectivity index (χ4v) is 2.85. The second-order valence-corrected chi connectivity index (χ2v) is 5.97. The Morgan fingerprint density at radius 1 is 1.32 bits per heavy atom. The second-order valence-electron chi connectivity index (χ2n) is 5.97. The molecule has 2 aromatic rings. The molecule has 1 atom stereocenters. The van der Waals surface area contributed by atoms with Crippen molar-refractivity contribution in [2.75, 3.05) is 19.8 Å². The van der Waals surface area contributed by atoms with Crippen LogP contribution in [0.1, 0.15) is 29.8 Å². The van der Waals surface area contributed by atoms with Crippen LogP contribution in [0.3, 0.4) is 0 Å². The zero-order valence-electron chi connectivity index (χ0n) is 12.2. The van der Waals surface area contributed by atoms with Gasteiger partial charge in [-0.15, -0.1) is 0 Å². The third-order valence-corrected chi connectivity index (χ3v) is 4.22. The quantitative estimate of drug-likeness (QED) is 0.849. The Hall–Kier alpha value is -2.08. The van der Waals surface area contributed by atoms with Crippen LogP contribution >= 0.6 is 0 Å². The molecule has 1 aliphatic carbocycles. The van der Waals surface area contributed by atoms with Gasteiger partial charge in [-0.3, -0.25) is 4.79 Å². The molecule has 0 bridgehead atoms. The summed E-state index contributed by atoms with van der Waals surface area (Å²) in [6, 6.07) is 5.55. The summed E-state index contributed by atoms with van der Waals surface area (Å²) in [6.45, 7) is 2.28. The van der Waals surface area contributed by atoms with Crippen molar-refractivity contribution in [1.82, 2.24) is 10.1 Å². The summed E-state index contributed by atoms with van der Waals surface area (Å²) < 4.78 is 15.9. The lowest BCUT2D eigenvalue weighted by Crippen LogP contribution is -2.37. The molecule has 4 rings (SSSR count). The summed E-state index contributed by atoms with van der Waals surface area (Å²) >= 11 is 0. The average Bonchev–Trinajstić information content (AvgIpc) is 3.01. The monoisotopic (exact) mass is 302 g/mol. The SMILES string of the molecule is O=C(c1cc(-c2ccco2)on1)N(CC1CCOC1)C1CC1. The van der Waals surface area contributed by atoms with Crippen LogP contribution in [0.15, 0.2) is 33.4 Å². The minimum Gasteiger partial charge on any atom is -0.461 e. The van der Waals surface area contributed by atoms with Crippen LogP contribution in [0.2, 0.25) is 0 Å².